The van der Waals surface area contributed by atoms with Crippen LogP contribution in [0.25, 0.3) is 0 Å². The van der Waals surface area contributed by atoms with Crippen LogP contribution in [0.15, 0.2) is 48.5 Å². The van der Waals surface area contributed by atoms with Crippen LogP contribution in [0.3, 0.4) is 0 Å². The van der Waals surface area contributed by atoms with E-state index < -0.39 is 17.7 Å². The van der Waals surface area contributed by atoms with Crippen LogP contribution < -0.4 is 10.2 Å². The number of esters is 1. The van der Waals surface area contributed by atoms with Crippen molar-refractivity contribution in [3.63, 3.8) is 0 Å². The van der Waals surface area contributed by atoms with Gasteiger partial charge in [0.15, 0.2) is 0 Å². The summed E-state index contributed by atoms with van der Waals surface area (Å²) in [5.41, 5.74) is 2.04. The number of nitrogens with one attached hydrogen (secondary N) is 1. The molecule has 23 heavy (non-hydrogen) atoms. The van der Waals surface area contributed by atoms with E-state index >= 15 is 0 Å². The van der Waals surface area contributed by atoms with Gasteiger partial charge in [0, 0.05) is 5.69 Å². The Hall–Kier alpha value is -3.15. The molecule has 1 N–H and O–H groups in total. The van der Waals surface area contributed by atoms with Gasteiger partial charge in [-0.15, -0.1) is 0 Å². The average Bonchev–Trinajstić information content (AvgIpc) is 2.84. The van der Waals surface area contributed by atoms with Crippen LogP contribution in [0.5, 0.6) is 0 Å². The van der Waals surface area contributed by atoms with E-state index in [1.807, 2.05) is 0 Å². The predicted molar refractivity (Wildman–Crippen MR) is 84.5 cm³/mol. The van der Waals surface area contributed by atoms with E-state index in [1.165, 1.54) is 12.0 Å². The van der Waals surface area contributed by atoms with Gasteiger partial charge in [0.1, 0.15) is 0 Å². The number of carbonyl (C=O) groups is 3. The topological polar surface area (TPSA) is 75.7 Å². The Balaban J connectivity index is 1.78. The number of amides is 1. The number of para-hydroxylation sites is 1. The summed E-state index contributed by atoms with van der Waals surface area (Å²) in [6.07, 6.45) is 0. The summed E-state index contributed by atoms with van der Waals surface area (Å²) in [4.78, 5) is 36.9. The first kappa shape index (κ1) is 14.8. The van der Waals surface area contributed by atoms with Crippen LogP contribution in [-0.2, 0) is 9.53 Å². The number of hydrogen-bond acceptors (Lipinski definition) is 5. The molecule has 0 saturated carbocycles. The summed E-state index contributed by atoms with van der Waals surface area (Å²) >= 11 is 0. The van der Waals surface area contributed by atoms with Gasteiger partial charge < -0.3 is 10.1 Å². The molecule has 0 atom stereocenters. The number of anilines is 2. The second-order valence-electron chi connectivity index (χ2n) is 4.99. The van der Waals surface area contributed by atoms with Crippen LogP contribution in [-0.4, -0.2) is 31.4 Å². The smallest absolute Gasteiger partial charge is 0.337 e. The maximum atomic E-state index is 12.1. The molecule has 0 fully saturated rings. The summed E-state index contributed by atoms with van der Waals surface area (Å²) in [6.45, 7) is 0.131. The van der Waals surface area contributed by atoms with Crippen LogP contribution in [0.1, 0.15) is 20.7 Å². The molecular weight excluding hydrogens is 296 g/mol. The molecule has 6 heteroatoms. The van der Waals surface area contributed by atoms with E-state index in [4.69, 9.17) is 0 Å². The van der Waals surface area contributed by atoms with E-state index in [-0.39, 0.29) is 6.67 Å². The average molecular weight is 310 g/mol. The van der Waals surface area contributed by atoms with E-state index in [1.54, 1.807) is 48.5 Å². The van der Waals surface area contributed by atoms with Crippen molar-refractivity contribution in [2.45, 2.75) is 0 Å². The first-order chi connectivity index (χ1) is 11.1. The van der Waals surface area contributed by atoms with Crippen molar-refractivity contribution in [1.29, 1.82) is 0 Å². The molecular formula is C17H14N2O4. The summed E-state index contributed by atoms with van der Waals surface area (Å²) in [5.74, 6) is -1.51. The van der Waals surface area contributed by atoms with Gasteiger partial charge in [-0.2, -0.15) is 0 Å². The number of Topliss-reactive ketones (excluding diaryl/α,β-unsaturated/α-hetero) is 1. The minimum atomic E-state index is -0.567. The van der Waals surface area contributed by atoms with Crippen molar-refractivity contribution in [2.75, 3.05) is 24.0 Å². The molecule has 1 amide bonds. The fraction of sp³-hybridized carbons (Fsp3) is 0.118. The molecule has 116 valence electrons. The van der Waals surface area contributed by atoms with Crippen molar-refractivity contribution < 1.29 is 19.1 Å². The van der Waals surface area contributed by atoms with E-state index in [9.17, 15) is 14.4 Å². The van der Waals surface area contributed by atoms with Gasteiger partial charge in [-0.3, -0.25) is 14.5 Å². The maximum Gasteiger partial charge on any atom is 0.337 e. The molecule has 1 aliphatic heterocycles. The quantitative estimate of drug-likeness (QED) is 0.691. The number of ether oxygens (including phenoxy) is 1. The molecule has 6 nitrogen and oxygen atoms in total. The number of carbonyl (C=O) groups excluding carboxylic acids is 3. The number of ketones is 1. The Morgan fingerprint density at radius 3 is 2.70 bits per heavy atom. The molecule has 0 radical (unpaired) electrons. The molecule has 2 aromatic carbocycles. The highest BCUT2D eigenvalue weighted by atomic mass is 16.5. The van der Waals surface area contributed by atoms with E-state index in [0.29, 0.717) is 22.5 Å². The number of nitrogens with zero attached hydrogens (tertiary/aromatic N) is 1. The molecule has 0 spiro atoms. The van der Waals surface area contributed by atoms with Crippen molar-refractivity contribution in [3.8, 4) is 0 Å². The standard InChI is InChI=1S/C17H14N2O4/c1-23-17(22)11-5-4-6-12(9-11)18-10-19-14-8-3-2-7-13(14)15(20)16(19)21/h2-9,18H,10H2,1H3. The highest BCUT2D eigenvalue weighted by Crippen LogP contribution is 2.28. The number of rotatable bonds is 4. The van der Waals surface area contributed by atoms with Crippen molar-refractivity contribution in [2.24, 2.45) is 0 Å². The van der Waals surface area contributed by atoms with Gasteiger partial charge in [0.25, 0.3) is 5.78 Å². The first-order valence-corrected chi connectivity index (χ1v) is 6.99. The zero-order valence-electron chi connectivity index (χ0n) is 12.4. The lowest BCUT2D eigenvalue weighted by atomic mass is 10.1. The van der Waals surface area contributed by atoms with Crippen LogP contribution in [0.4, 0.5) is 11.4 Å². The molecule has 0 aliphatic carbocycles. The summed E-state index contributed by atoms with van der Waals surface area (Å²) in [5, 5.41) is 3.04. The fourth-order valence-electron chi connectivity index (χ4n) is 2.45. The number of methoxy groups -OCH3 is 1. The van der Waals surface area contributed by atoms with Crippen molar-refractivity contribution in [3.05, 3.63) is 59.7 Å². The molecule has 3 rings (SSSR count). The fourth-order valence-corrected chi connectivity index (χ4v) is 2.45. The molecule has 0 unspecified atom stereocenters. The summed E-state index contributed by atoms with van der Waals surface area (Å²) in [6, 6.07) is 13.6. The predicted octanol–water partition coefficient (Wildman–Crippen LogP) is 2.07. The van der Waals surface area contributed by atoms with Crippen LogP contribution >= 0.6 is 0 Å². The van der Waals surface area contributed by atoms with Crippen molar-refractivity contribution in [1.82, 2.24) is 0 Å². The highest BCUT2D eigenvalue weighted by Gasteiger charge is 2.35. The minimum Gasteiger partial charge on any atom is -0.465 e. The minimum absolute atomic E-state index is 0.131. The van der Waals surface area contributed by atoms with Gasteiger partial charge in [0.2, 0.25) is 0 Å². The second kappa shape index (κ2) is 5.92. The lowest BCUT2D eigenvalue weighted by Crippen LogP contribution is -2.34. The van der Waals surface area contributed by atoms with Gasteiger partial charge >= 0.3 is 11.9 Å². The SMILES string of the molecule is COC(=O)c1cccc(NCN2C(=O)C(=O)c3ccccc32)c1. The largest absolute Gasteiger partial charge is 0.465 e. The Labute approximate surface area is 132 Å². The molecule has 0 aromatic heterocycles. The molecule has 2 aromatic rings. The van der Waals surface area contributed by atoms with Gasteiger partial charge in [-0.1, -0.05) is 18.2 Å². The third-order valence-electron chi connectivity index (χ3n) is 3.60. The first-order valence-electron chi connectivity index (χ1n) is 6.99. The monoisotopic (exact) mass is 310 g/mol. The lowest BCUT2D eigenvalue weighted by Gasteiger charge is -2.18. The zero-order valence-corrected chi connectivity index (χ0v) is 12.4. The van der Waals surface area contributed by atoms with E-state index in [0.717, 1.165) is 0 Å². The van der Waals surface area contributed by atoms with Gasteiger partial charge in [0.05, 0.1) is 30.6 Å². The summed E-state index contributed by atoms with van der Waals surface area (Å²) < 4.78 is 4.67. The number of hydrogen-bond donors (Lipinski definition) is 1. The number of benzene rings is 2. The van der Waals surface area contributed by atoms with Crippen LogP contribution in [0.2, 0.25) is 0 Å². The number of fused-ring (bicyclic) bond motifs is 1. The second-order valence-corrected chi connectivity index (χ2v) is 4.99. The third-order valence-corrected chi connectivity index (χ3v) is 3.60. The van der Waals surface area contributed by atoms with Gasteiger partial charge in [-0.25, -0.2) is 4.79 Å². The molecule has 0 saturated heterocycles. The molecule has 1 aliphatic rings. The highest BCUT2D eigenvalue weighted by molar-refractivity contribution is 6.52. The Bertz CT molecular complexity index is 801. The molecule has 1 heterocycles. The normalized spacial score (nSPS) is 13.0. The van der Waals surface area contributed by atoms with Crippen LogP contribution in [0, 0.1) is 0 Å². The third kappa shape index (κ3) is 2.66. The van der Waals surface area contributed by atoms with Crippen molar-refractivity contribution >= 4 is 29.0 Å². The Morgan fingerprint density at radius 1 is 1.13 bits per heavy atom. The van der Waals surface area contributed by atoms with Gasteiger partial charge in [-0.05, 0) is 30.3 Å². The Morgan fingerprint density at radius 2 is 1.91 bits per heavy atom. The summed E-state index contributed by atoms with van der Waals surface area (Å²) in [7, 11) is 1.31. The lowest BCUT2D eigenvalue weighted by molar-refractivity contribution is -0.114. The van der Waals surface area contributed by atoms with E-state index in [2.05, 4.69) is 10.1 Å². The molecule has 0 bridgehead atoms. The maximum absolute atomic E-state index is 12.1. The Kier molecular flexibility index (Phi) is 3.80. The zero-order chi connectivity index (χ0) is 16.4.